The molecule has 26 heavy (non-hydrogen) atoms. The standard InChI is InChI=1S/C20H20ClNO4/c21-15-6-4-14(5-7-15)20(8-10-24-11-9-20)19(23)22-16-2-1-3-17-18(16)26-13-12-25-17/h1-7H,8-13H2,(H,22,23). The first-order valence-electron chi connectivity index (χ1n) is 8.73. The van der Waals surface area contributed by atoms with E-state index in [0.717, 1.165) is 5.56 Å². The monoisotopic (exact) mass is 373 g/mol. The van der Waals surface area contributed by atoms with Gasteiger partial charge in [0, 0.05) is 18.2 Å². The molecule has 0 radical (unpaired) electrons. The van der Waals surface area contributed by atoms with Crippen LogP contribution in [-0.2, 0) is 14.9 Å². The predicted octanol–water partition coefficient (Wildman–Crippen LogP) is 3.80. The fourth-order valence-electron chi connectivity index (χ4n) is 3.55. The topological polar surface area (TPSA) is 56.8 Å². The zero-order chi connectivity index (χ0) is 18.0. The number of carbonyl (C=O) groups excluding carboxylic acids is 1. The number of ether oxygens (including phenoxy) is 3. The largest absolute Gasteiger partial charge is 0.486 e. The predicted molar refractivity (Wildman–Crippen MR) is 99.2 cm³/mol. The molecule has 2 aliphatic heterocycles. The highest BCUT2D eigenvalue weighted by Gasteiger charge is 2.42. The van der Waals surface area contributed by atoms with Crippen LogP contribution in [0.4, 0.5) is 5.69 Å². The molecule has 2 aromatic carbocycles. The summed E-state index contributed by atoms with van der Waals surface area (Å²) in [6, 6.07) is 13.0. The van der Waals surface area contributed by atoms with Crippen molar-refractivity contribution in [3.05, 3.63) is 53.1 Å². The molecule has 0 atom stereocenters. The van der Waals surface area contributed by atoms with Crippen LogP contribution in [0, 0.1) is 0 Å². The molecular formula is C20H20ClNO4. The van der Waals surface area contributed by atoms with Gasteiger partial charge in [-0.2, -0.15) is 0 Å². The molecule has 2 aliphatic rings. The number of hydrogen-bond acceptors (Lipinski definition) is 4. The average Bonchev–Trinajstić information content (AvgIpc) is 2.69. The first-order valence-corrected chi connectivity index (χ1v) is 9.11. The number of benzene rings is 2. The zero-order valence-electron chi connectivity index (χ0n) is 14.3. The van der Waals surface area contributed by atoms with Gasteiger partial charge >= 0.3 is 0 Å². The van der Waals surface area contributed by atoms with Crippen LogP contribution in [0.1, 0.15) is 18.4 Å². The normalized spacial score (nSPS) is 18.2. The van der Waals surface area contributed by atoms with Crippen LogP contribution in [0.25, 0.3) is 0 Å². The quantitative estimate of drug-likeness (QED) is 0.889. The minimum Gasteiger partial charge on any atom is -0.486 e. The minimum atomic E-state index is -0.652. The lowest BCUT2D eigenvalue weighted by atomic mass is 9.73. The zero-order valence-corrected chi connectivity index (χ0v) is 15.1. The molecular weight excluding hydrogens is 354 g/mol. The van der Waals surface area contributed by atoms with Crippen molar-refractivity contribution in [1.29, 1.82) is 0 Å². The van der Waals surface area contributed by atoms with E-state index in [4.69, 9.17) is 25.8 Å². The van der Waals surface area contributed by atoms with Gasteiger partial charge in [-0.15, -0.1) is 0 Å². The average molecular weight is 374 g/mol. The first kappa shape index (κ1) is 17.2. The minimum absolute atomic E-state index is 0.0642. The van der Waals surface area contributed by atoms with Gasteiger partial charge in [0.1, 0.15) is 13.2 Å². The molecule has 2 heterocycles. The maximum Gasteiger partial charge on any atom is 0.235 e. The number of hydrogen-bond donors (Lipinski definition) is 1. The van der Waals surface area contributed by atoms with E-state index in [0.29, 0.717) is 61.5 Å². The molecule has 0 saturated carbocycles. The second kappa shape index (κ2) is 7.17. The third-order valence-corrected chi connectivity index (χ3v) is 5.24. The van der Waals surface area contributed by atoms with E-state index >= 15 is 0 Å². The van der Waals surface area contributed by atoms with Crippen LogP contribution in [0.3, 0.4) is 0 Å². The van der Waals surface area contributed by atoms with Crippen molar-refractivity contribution in [2.45, 2.75) is 18.3 Å². The van der Waals surface area contributed by atoms with Crippen molar-refractivity contribution in [2.75, 3.05) is 31.7 Å². The second-order valence-electron chi connectivity index (χ2n) is 6.49. The van der Waals surface area contributed by atoms with Crippen LogP contribution in [0.5, 0.6) is 11.5 Å². The van der Waals surface area contributed by atoms with Crippen molar-refractivity contribution >= 4 is 23.2 Å². The lowest BCUT2D eigenvalue weighted by molar-refractivity contribution is -0.125. The van der Waals surface area contributed by atoms with E-state index in [1.54, 1.807) is 0 Å². The van der Waals surface area contributed by atoms with Crippen molar-refractivity contribution < 1.29 is 19.0 Å². The summed E-state index contributed by atoms with van der Waals surface area (Å²) in [7, 11) is 0. The number of amides is 1. The molecule has 1 N–H and O–H groups in total. The molecule has 136 valence electrons. The fraction of sp³-hybridized carbons (Fsp3) is 0.350. The smallest absolute Gasteiger partial charge is 0.235 e. The summed E-state index contributed by atoms with van der Waals surface area (Å²) in [5.41, 5.74) is 0.929. The molecule has 0 aliphatic carbocycles. The first-order chi connectivity index (χ1) is 12.7. The van der Waals surface area contributed by atoms with E-state index in [1.165, 1.54) is 0 Å². The van der Waals surface area contributed by atoms with E-state index in [-0.39, 0.29) is 5.91 Å². The van der Waals surface area contributed by atoms with Crippen molar-refractivity contribution in [3.8, 4) is 11.5 Å². The van der Waals surface area contributed by atoms with Gasteiger partial charge in [0.2, 0.25) is 5.91 Å². The van der Waals surface area contributed by atoms with Gasteiger partial charge in [-0.1, -0.05) is 29.8 Å². The molecule has 1 fully saturated rings. The molecule has 0 spiro atoms. The summed E-state index contributed by atoms with van der Waals surface area (Å²) in [5.74, 6) is 1.18. The van der Waals surface area contributed by atoms with Gasteiger partial charge in [0.15, 0.2) is 11.5 Å². The van der Waals surface area contributed by atoms with Crippen LogP contribution in [-0.4, -0.2) is 32.3 Å². The van der Waals surface area contributed by atoms with Crippen molar-refractivity contribution in [2.24, 2.45) is 0 Å². The van der Waals surface area contributed by atoms with Crippen LogP contribution < -0.4 is 14.8 Å². The Balaban J connectivity index is 1.67. The van der Waals surface area contributed by atoms with Crippen molar-refractivity contribution in [3.63, 3.8) is 0 Å². The van der Waals surface area contributed by atoms with E-state index < -0.39 is 5.41 Å². The Bertz CT molecular complexity index is 800. The molecule has 0 bridgehead atoms. The highest BCUT2D eigenvalue weighted by Crippen LogP contribution is 2.40. The van der Waals surface area contributed by atoms with Gasteiger partial charge in [-0.05, 0) is 42.7 Å². The maximum atomic E-state index is 13.4. The highest BCUT2D eigenvalue weighted by molar-refractivity contribution is 6.30. The number of fused-ring (bicyclic) bond motifs is 1. The molecule has 4 rings (SSSR count). The summed E-state index contributed by atoms with van der Waals surface area (Å²) < 4.78 is 16.8. The molecule has 0 aromatic heterocycles. The molecule has 5 nitrogen and oxygen atoms in total. The Labute approximate surface area is 157 Å². The Morgan fingerprint density at radius 1 is 0.962 bits per heavy atom. The van der Waals surface area contributed by atoms with E-state index in [2.05, 4.69) is 5.32 Å². The number of nitrogens with one attached hydrogen (secondary N) is 1. The summed E-state index contributed by atoms with van der Waals surface area (Å²) in [5, 5.41) is 3.71. The fourth-order valence-corrected chi connectivity index (χ4v) is 3.68. The van der Waals surface area contributed by atoms with Gasteiger partial charge < -0.3 is 19.5 Å². The summed E-state index contributed by atoms with van der Waals surface area (Å²) in [4.78, 5) is 13.4. The van der Waals surface area contributed by atoms with E-state index in [1.807, 2.05) is 42.5 Å². The summed E-state index contributed by atoms with van der Waals surface area (Å²) in [6.45, 7) is 2.07. The van der Waals surface area contributed by atoms with Gasteiger partial charge in [0.05, 0.1) is 11.1 Å². The lowest BCUT2D eigenvalue weighted by Crippen LogP contribution is -2.45. The molecule has 2 aromatic rings. The van der Waals surface area contributed by atoms with Crippen LogP contribution >= 0.6 is 11.6 Å². The van der Waals surface area contributed by atoms with Gasteiger partial charge in [-0.25, -0.2) is 0 Å². The third-order valence-electron chi connectivity index (χ3n) is 4.99. The Morgan fingerprint density at radius 2 is 1.69 bits per heavy atom. The maximum absolute atomic E-state index is 13.4. The van der Waals surface area contributed by atoms with E-state index in [9.17, 15) is 4.79 Å². The number of carbonyl (C=O) groups is 1. The Kier molecular flexibility index (Phi) is 4.74. The van der Waals surface area contributed by atoms with Crippen molar-refractivity contribution in [1.82, 2.24) is 0 Å². The number of para-hydroxylation sites is 1. The Hall–Kier alpha value is -2.24. The molecule has 1 amide bonds. The molecule has 0 unspecified atom stereocenters. The van der Waals surface area contributed by atoms with Gasteiger partial charge in [-0.3, -0.25) is 4.79 Å². The summed E-state index contributed by atoms with van der Waals surface area (Å²) in [6.07, 6.45) is 1.24. The third kappa shape index (κ3) is 3.13. The summed E-state index contributed by atoms with van der Waals surface area (Å²) >= 11 is 6.03. The second-order valence-corrected chi connectivity index (χ2v) is 6.92. The Morgan fingerprint density at radius 3 is 2.46 bits per heavy atom. The number of halogens is 1. The molecule has 1 saturated heterocycles. The lowest BCUT2D eigenvalue weighted by Gasteiger charge is -2.36. The highest BCUT2D eigenvalue weighted by atomic mass is 35.5. The van der Waals surface area contributed by atoms with Gasteiger partial charge in [0.25, 0.3) is 0 Å². The SMILES string of the molecule is O=C(Nc1cccc2c1OCCO2)C1(c2ccc(Cl)cc2)CCOCC1. The van der Waals surface area contributed by atoms with Crippen LogP contribution in [0.15, 0.2) is 42.5 Å². The molecule has 6 heteroatoms. The van der Waals surface area contributed by atoms with Crippen LogP contribution in [0.2, 0.25) is 5.02 Å². The number of anilines is 1. The number of rotatable bonds is 3.